The zero-order valence-corrected chi connectivity index (χ0v) is 10.0. The molecule has 0 radical (unpaired) electrons. The fraction of sp³-hybridized carbons (Fsp3) is 0.750. The van der Waals surface area contributed by atoms with Gasteiger partial charge >= 0.3 is 0 Å². The third kappa shape index (κ3) is 2.47. The number of hydrogen-bond donors (Lipinski definition) is 2. The lowest BCUT2D eigenvalue weighted by molar-refractivity contribution is -0.112. The maximum absolute atomic E-state index is 10.9. The van der Waals surface area contributed by atoms with E-state index in [1.54, 1.807) is 13.0 Å². The van der Waals surface area contributed by atoms with Crippen molar-refractivity contribution in [1.29, 1.82) is 0 Å². The Hall–Kier alpha value is -0.670. The quantitative estimate of drug-likeness (QED) is 0.679. The van der Waals surface area contributed by atoms with Crippen LogP contribution in [-0.4, -0.2) is 22.0 Å². The van der Waals surface area contributed by atoms with Gasteiger partial charge in [-0.15, -0.1) is 0 Å². The predicted molar refractivity (Wildman–Crippen MR) is 60.4 cm³/mol. The predicted octanol–water partition coefficient (Wildman–Crippen LogP) is 1.40. The van der Waals surface area contributed by atoms with Gasteiger partial charge in [0.25, 0.3) is 0 Å². The smallest absolute Gasteiger partial charge is 0.152 e. The van der Waals surface area contributed by atoms with Crippen LogP contribution in [0.2, 0.25) is 0 Å². The van der Waals surface area contributed by atoms with Crippen molar-refractivity contribution in [3.05, 3.63) is 12.2 Å². The van der Waals surface area contributed by atoms with Crippen molar-refractivity contribution in [2.24, 2.45) is 11.1 Å². The molecule has 0 bridgehead atoms. The summed E-state index contributed by atoms with van der Waals surface area (Å²) in [6.07, 6.45) is 4.40. The van der Waals surface area contributed by atoms with Crippen molar-refractivity contribution in [2.45, 2.75) is 51.7 Å². The van der Waals surface area contributed by atoms with E-state index in [0.717, 1.165) is 0 Å². The van der Waals surface area contributed by atoms with Crippen LogP contribution in [0.3, 0.4) is 0 Å². The van der Waals surface area contributed by atoms with Gasteiger partial charge in [0.1, 0.15) is 0 Å². The van der Waals surface area contributed by atoms with E-state index in [9.17, 15) is 9.90 Å². The van der Waals surface area contributed by atoms with Crippen LogP contribution < -0.4 is 5.73 Å². The molecule has 0 spiro atoms. The number of rotatable bonds is 2. The average Bonchev–Trinajstić information content (AvgIpc) is 2.12. The van der Waals surface area contributed by atoms with E-state index in [1.807, 2.05) is 13.8 Å². The van der Waals surface area contributed by atoms with Crippen LogP contribution >= 0.6 is 0 Å². The molecule has 0 amide bonds. The van der Waals surface area contributed by atoms with E-state index in [1.165, 1.54) is 13.0 Å². The second-order valence-electron chi connectivity index (χ2n) is 5.72. The lowest BCUT2D eigenvalue weighted by Gasteiger charge is -2.34. The van der Waals surface area contributed by atoms with Crippen LogP contribution in [0.5, 0.6) is 0 Å². The summed E-state index contributed by atoms with van der Waals surface area (Å²) < 4.78 is 0. The van der Waals surface area contributed by atoms with E-state index < -0.39 is 11.1 Å². The summed E-state index contributed by atoms with van der Waals surface area (Å²) in [7, 11) is 0. The molecule has 0 aromatic heterocycles. The molecule has 0 aliphatic heterocycles. The van der Waals surface area contributed by atoms with Gasteiger partial charge in [0.2, 0.25) is 0 Å². The molecular weight excluding hydrogens is 190 g/mol. The second-order valence-corrected chi connectivity index (χ2v) is 5.72. The van der Waals surface area contributed by atoms with Crippen molar-refractivity contribution in [2.75, 3.05) is 0 Å². The molecule has 1 rings (SSSR count). The largest absolute Gasteiger partial charge is 0.390 e. The number of hydrogen-bond acceptors (Lipinski definition) is 3. The van der Waals surface area contributed by atoms with Crippen LogP contribution in [-0.2, 0) is 4.79 Å². The molecule has 86 valence electrons. The van der Waals surface area contributed by atoms with Crippen LogP contribution in [0.1, 0.15) is 40.5 Å². The minimum absolute atomic E-state index is 0.0119. The zero-order valence-electron chi connectivity index (χ0n) is 10.0. The van der Waals surface area contributed by atoms with E-state index in [0.29, 0.717) is 12.8 Å². The van der Waals surface area contributed by atoms with E-state index in [4.69, 9.17) is 5.73 Å². The molecule has 1 aliphatic rings. The molecule has 15 heavy (non-hydrogen) atoms. The van der Waals surface area contributed by atoms with Crippen LogP contribution in [0, 0.1) is 5.41 Å². The van der Waals surface area contributed by atoms with Crippen molar-refractivity contribution >= 4 is 5.78 Å². The van der Waals surface area contributed by atoms with Crippen molar-refractivity contribution in [3.8, 4) is 0 Å². The number of nitrogens with two attached hydrogens (primary N) is 1. The first-order chi connectivity index (χ1) is 6.58. The first-order valence-corrected chi connectivity index (χ1v) is 5.29. The Bertz CT molecular complexity index is 305. The highest BCUT2D eigenvalue weighted by Crippen LogP contribution is 2.50. The van der Waals surface area contributed by atoms with Crippen LogP contribution in [0.25, 0.3) is 0 Å². The van der Waals surface area contributed by atoms with Gasteiger partial charge in [0.05, 0.1) is 5.60 Å². The maximum atomic E-state index is 10.9. The number of allylic oxidation sites excluding steroid dienone is 1. The standard InChI is InChI=1S/C12H21NO2/c1-9(14)5-6-12(13)8-11(4,15)7-10(12,2)3/h5-6,15H,7-8,13H2,1-4H3/b6-5+/t11-,12-/m0/s1. The Morgan fingerprint density at radius 1 is 1.33 bits per heavy atom. The molecule has 0 aromatic rings. The number of aliphatic hydroxyl groups is 1. The average molecular weight is 211 g/mol. The molecule has 2 atom stereocenters. The van der Waals surface area contributed by atoms with Gasteiger partial charge < -0.3 is 10.8 Å². The Morgan fingerprint density at radius 2 is 1.87 bits per heavy atom. The summed E-state index contributed by atoms with van der Waals surface area (Å²) in [4.78, 5) is 10.9. The summed E-state index contributed by atoms with van der Waals surface area (Å²) >= 11 is 0. The summed E-state index contributed by atoms with van der Waals surface area (Å²) in [5.74, 6) is -0.0119. The molecule has 1 saturated carbocycles. The molecule has 0 saturated heterocycles. The summed E-state index contributed by atoms with van der Waals surface area (Å²) in [5, 5.41) is 10.0. The van der Waals surface area contributed by atoms with Crippen LogP contribution in [0.4, 0.5) is 0 Å². The lowest BCUT2D eigenvalue weighted by atomic mass is 9.75. The monoisotopic (exact) mass is 211 g/mol. The van der Waals surface area contributed by atoms with E-state index >= 15 is 0 Å². The molecule has 1 aliphatic carbocycles. The zero-order chi connectivity index (χ0) is 11.9. The third-order valence-corrected chi connectivity index (χ3v) is 3.37. The molecule has 0 heterocycles. The first kappa shape index (κ1) is 12.4. The Morgan fingerprint density at radius 3 is 2.20 bits per heavy atom. The van der Waals surface area contributed by atoms with Crippen LogP contribution in [0.15, 0.2) is 12.2 Å². The molecule has 0 aromatic carbocycles. The van der Waals surface area contributed by atoms with E-state index in [2.05, 4.69) is 0 Å². The summed E-state index contributed by atoms with van der Waals surface area (Å²) in [6, 6.07) is 0. The molecule has 3 nitrogen and oxygen atoms in total. The summed E-state index contributed by atoms with van der Waals surface area (Å²) in [5.41, 5.74) is 4.74. The van der Waals surface area contributed by atoms with Crippen molar-refractivity contribution in [3.63, 3.8) is 0 Å². The fourth-order valence-electron chi connectivity index (χ4n) is 2.60. The van der Waals surface area contributed by atoms with Crippen molar-refractivity contribution in [1.82, 2.24) is 0 Å². The van der Waals surface area contributed by atoms with Gasteiger partial charge in [-0.3, -0.25) is 4.79 Å². The second kappa shape index (κ2) is 3.42. The third-order valence-electron chi connectivity index (χ3n) is 3.37. The minimum atomic E-state index is -0.737. The SMILES string of the molecule is CC(=O)/C=C/[C@]1(N)C[C@@](C)(O)CC1(C)C. The number of carbonyl (C=O) groups is 1. The van der Waals surface area contributed by atoms with Gasteiger partial charge in [-0.2, -0.15) is 0 Å². The highest BCUT2D eigenvalue weighted by molar-refractivity contribution is 5.87. The van der Waals surface area contributed by atoms with Crippen molar-refractivity contribution < 1.29 is 9.90 Å². The molecule has 3 heteroatoms. The lowest BCUT2D eigenvalue weighted by Crippen LogP contribution is -2.47. The van der Waals surface area contributed by atoms with Gasteiger partial charge in [0, 0.05) is 5.54 Å². The Kier molecular flexibility index (Phi) is 2.83. The van der Waals surface area contributed by atoms with Gasteiger partial charge in [-0.05, 0) is 38.2 Å². The maximum Gasteiger partial charge on any atom is 0.152 e. The Labute approximate surface area is 91.4 Å². The summed E-state index contributed by atoms with van der Waals surface area (Å²) in [6.45, 7) is 7.35. The molecule has 0 unspecified atom stereocenters. The normalized spacial score (nSPS) is 39.9. The van der Waals surface area contributed by atoms with E-state index in [-0.39, 0.29) is 11.2 Å². The highest BCUT2D eigenvalue weighted by Gasteiger charge is 2.53. The Balaban J connectivity index is 2.98. The molecule has 3 N–H and O–H groups in total. The van der Waals surface area contributed by atoms with Gasteiger partial charge in [-0.25, -0.2) is 0 Å². The van der Waals surface area contributed by atoms with Gasteiger partial charge in [-0.1, -0.05) is 19.9 Å². The molecular formula is C12H21NO2. The minimum Gasteiger partial charge on any atom is -0.390 e. The molecule has 1 fully saturated rings. The highest BCUT2D eigenvalue weighted by atomic mass is 16.3. The number of carbonyl (C=O) groups excluding carboxylic acids is 1. The van der Waals surface area contributed by atoms with Gasteiger partial charge in [0.15, 0.2) is 5.78 Å². The topological polar surface area (TPSA) is 63.3 Å². The first-order valence-electron chi connectivity index (χ1n) is 5.29. The fourth-order valence-corrected chi connectivity index (χ4v) is 2.60. The number of ketones is 1.